The van der Waals surface area contributed by atoms with E-state index in [9.17, 15) is 18.0 Å². The molecule has 0 radical (unpaired) electrons. The van der Waals surface area contributed by atoms with E-state index in [1.807, 2.05) is 0 Å². The van der Waals surface area contributed by atoms with Crippen LogP contribution in [0.1, 0.15) is 31.5 Å². The van der Waals surface area contributed by atoms with Gasteiger partial charge >= 0.3 is 6.18 Å². The van der Waals surface area contributed by atoms with Crippen LogP contribution in [0.4, 0.5) is 19.1 Å². The van der Waals surface area contributed by atoms with Crippen LogP contribution >= 0.6 is 11.8 Å². The first-order valence-corrected chi connectivity index (χ1v) is 7.80. The number of ketones is 1. The molecule has 6 nitrogen and oxygen atoms in total. The molecule has 1 saturated carbocycles. The van der Waals surface area contributed by atoms with Crippen LogP contribution in [0.3, 0.4) is 0 Å². The summed E-state index contributed by atoms with van der Waals surface area (Å²) < 4.78 is 37.5. The average molecular weight is 346 g/mol. The summed E-state index contributed by atoms with van der Waals surface area (Å²) in [5.41, 5.74) is -0.948. The predicted molar refractivity (Wildman–Crippen MR) is 78.1 cm³/mol. The van der Waals surface area contributed by atoms with E-state index in [4.69, 9.17) is 5.11 Å². The monoisotopic (exact) mass is 346 g/mol. The molecule has 1 aliphatic carbocycles. The zero-order chi connectivity index (χ0) is 17.2. The number of nitrogens with zero attached hydrogens (tertiary/aromatic N) is 4. The molecule has 0 amide bonds. The van der Waals surface area contributed by atoms with Crippen molar-refractivity contribution in [3.8, 4) is 0 Å². The minimum Gasteiger partial charge on any atom is -0.504 e. The second-order valence-electron chi connectivity index (χ2n) is 4.83. The number of hydrogen-bond acceptors (Lipinski definition) is 7. The van der Waals surface area contributed by atoms with Crippen molar-refractivity contribution in [2.24, 2.45) is 4.99 Å². The van der Waals surface area contributed by atoms with Crippen LogP contribution in [-0.4, -0.2) is 44.5 Å². The topological polar surface area (TPSA) is 88.3 Å². The van der Waals surface area contributed by atoms with Gasteiger partial charge in [0.2, 0.25) is 5.76 Å². The highest BCUT2D eigenvalue weighted by Gasteiger charge is 2.37. The first-order chi connectivity index (χ1) is 10.7. The molecular formula is C13H13F3N4O2S. The van der Waals surface area contributed by atoms with Gasteiger partial charge in [-0.2, -0.15) is 23.1 Å². The quantitative estimate of drug-likeness (QED) is 0.381. The van der Waals surface area contributed by atoms with Crippen molar-refractivity contribution < 1.29 is 23.1 Å². The maximum Gasteiger partial charge on any atom is 0.449 e. The van der Waals surface area contributed by atoms with Gasteiger partial charge in [-0.25, -0.2) is 9.98 Å². The first-order valence-electron chi connectivity index (χ1n) is 6.57. The molecule has 1 aliphatic rings. The van der Waals surface area contributed by atoms with E-state index < -0.39 is 23.3 Å². The molecule has 2 rings (SSSR count). The lowest BCUT2D eigenvalue weighted by molar-refractivity contribution is -0.125. The summed E-state index contributed by atoms with van der Waals surface area (Å²) in [6, 6.07) is 0. The lowest BCUT2D eigenvalue weighted by Gasteiger charge is -2.07. The molecule has 0 unspecified atom stereocenters. The molecule has 0 atom stereocenters. The van der Waals surface area contributed by atoms with Crippen LogP contribution in [0.5, 0.6) is 0 Å². The van der Waals surface area contributed by atoms with E-state index in [2.05, 4.69) is 19.9 Å². The molecule has 124 valence electrons. The molecule has 1 fully saturated rings. The number of aliphatic hydroxyl groups excluding tert-OH is 1. The predicted octanol–water partition coefficient (Wildman–Crippen LogP) is 3.14. The van der Waals surface area contributed by atoms with Gasteiger partial charge in [0.15, 0.2) is 10.9 Å². The number of aliphatic hydroxyl groups is 1. The Morgan fingerprint density at radius 1 is 1.35 bits per heavy atom. The van der Waals surface area contributed by atoms with E-state index >= 15 is 0 Å². The Morgan fingerprint density at radius 3 is 2.48 bits per heavy atom. The van der Waals surface area contributed by atoms with E-state index in [0.717, 1.165) is 19.8 Å². The molecule has 1 N–H and O–H groups in total. The first kappa shape index (κ1) is 17.4. The van der Waals surface area contributed by atoms with Crippen LogP contribution in [0.25, 0.3) is 0 Å². The number of aliphatic imine (C=N–C) groups is 1. The summed E-state index contributed by atoms with van der Waals surface area (Å²) in [5, 5.41) is 9.52. The SMILES string of the molecule is CSc1nc(/N=C/C(C(C)=O)=C(\O)C(F)(F)F)nc(C2CC2)n1. The van der Waals surface area contributed by atoms with Gasteiger partial charge in [0.05, 0.1) is 5.57 Å². The Labute approximate surface area is 134 Å². The second kappa shape index (κ2) is 6.65. The zero-order valence-corrected chi connectivity index (χ0v) is 13.1. The number of alkyl halides is 3. The molecule has 0 aromatic carbocycles. The van der Waals surface area contributed by atoms with Gasteiger partial charge in [-0.05, 0) is 26.0 Å². The largest absolute Gasteiger partial charge is 0.504 e. The van der Waals surface area contributed by atoms with Crippen LogP contribution in [0, 0.1) is 0 Å². The molecule has 0 saturated heterocycles. The average Bonchev–Trinajstić information content (AvgIpc) is 3.30. The third-order valence-corrected chi connectivity index (χ3v) is 3.51. The highest BCUT2D eigenvalue weighted by molar-refractivity contribution is 7.98. The molecule has 23 heavy (non-hydrogen) atoms. The van der Waals surface area contributed by atoms with Crippen molar-refractivity contribution in [2.75, 3.05) is 6.26 Å². The van der Waals surface area contributed by atoms with E-state index in [0.29, 0.717) is 17.2 Å². The van der Waals surface area contributed by atoms with Gasteiger partial charge < -0.3 is 5.11 Å². The lowest BCUT2D eigenvalue weighted by Crippen LogP contribution is -2.17. The summed E-state index contributed by atoms with van der Waals surface area (Å²) in [4.78, 5) is 27.2. The third kappa shape index (κ3) is 4.50. The minimum atomic E-state index is -5.03. The minimum absolute atomic E-state index is 0.0972. The van der Waals surface area contributed by atoms with Crippen LogP contribution in [-0.2, 0) is 4.79 Å². The number of aromatic nitrogens is 3. The van der Waals surface area contributed by atoms with E-state index in [1.54, 1.807) is 6.26 Å². The Balaban J connectivity index is 2.37. The summed E-state index contributed by atoms with van der Waals surface area (Å²) in [6.45, 7) is 0.902. The molecular weight excluding hydrogens is 333 g/mol. The molecule has 1 aromatic rings. The molecule has 1 heterocycles. The summed E-state index contributed by atoms with van der Waals surface area (Å²) in [7, 11) is 0. The van der Waals surface area contributed by atoms with Gasteiger partial charge in [0.1, 0.15) is 5.82 Å². The van der Waals surface area contributed by atoms with Crippen LogP contribution < -0.4 is 0 Å². The Morgan fingerprint density at radius 2 is 2.00 bits per heavy atom. The lowest BCUT2D eigenvalue weighted by atomic mass is 10.1. The fourth-order valence-corrected chi connectivity index (χ4v) is 1.99. The van der Waals surface area contributed by atoms with Gasteiger partial charge in [-0.1, -0.05) is 11.8 Å². The number of thioether (sulfide) groups is 1. The van der Waals surface area contributed by atoms with E-state index in [-0.39, 0.29) is 11.9 Å². The molecule has 0 spiro atoms. The van der Waals surface area contributed by atoms with Gasteiger partial charge in [0.25, 0.3) is 5.95 Å². The maximum absolute atomic E-state index is 12.5. The zero-order valence-electron chi connectivity index (χ0n) is 12.3. The smallest absolute Gasteiger partial charge is 0.449 e. The number of carbonyl (C=O) groups is 1. The number of rotatable bonds is 5. The van der Waals surface area contributed by atoms with Crippen molar-refractivity contribution in [1.82, 2.24) is 15.0 Å². The van der Waals surface area contributed by atoms with Gasteiger partial charge in [0, 0.05) is 12.1 Å². The number of halogens is 3. The number of carbonyl (C=O) groups excluding carboxylic acids is 1. The Hall–Kier alpha value is -1.97. The number of Topliss-reactive ketones (excluding diaryl/α,β-unsaturated/α-hetero) is 1. The van der Waals surface area contributed by atoms with Crippen LogP contribution in [0.15, 0.2) is 21.5 Å². The number of allylic oxidation sites excluding steroid dienone is 2. The summed E-state index contributed by atoms with van der Waals surface area (Å²) >= 11 is 1.25. The van der Waals surface area contributed by atoms with E-state index in [1.165, 1.54) is 11.8 Å². The van der Waals surface area contributed by atoms with Gasteiger partial charge in [-0.3, -0.25) is 4.79 Å². The number of hydrogen-bond donors (Lipinski definition) is 1. The molecule has 0 aliphatic heterocycles. The van der Waals surface area contributed by atoms with Crippen molar-refractivity contribution in [3.05, 3.63) is 17.2 Å². The highest BCUT2D eigenvalue weighted by Crippen LogP contribution is 2.38. The fourth-order valence-electron chi connectivity index (χ4n) is 1.63. The van der Waals surface area contributed by atoms with Crippen molar-refractivity contribution >= 4 is 29.7 Å². The molecule has 10 heteroatoms. The van der Waals surface area contributed by atoms with Crippen LogP contribution in [0.2, 0.25) is 0 Å². The van der Waals surface area contributed by atoms with Crippen molar-refractivity contribution in [2.45, 2.75) is 37.0 Å². The standard InChI is InChI=1S/C13H13F3N4O2S/c1-6(21)8(9(22)13(14,15)16)5-17-11-18-10(7-3-4-7)19-12(20-11)23-2/h5,7,22H,3-4H2,1-2H3/b9-8+,17-5+. The summed E-state index contributed by atoms with van der Waals surface area (Å²) in [5.74, 6) is -2.31. The normalized spacial score (nSPS) is 16.6. The highest BCUT2D eigenvalue weighted by atomic mass is 32.2. The third-order valence-electron chi connectivity index (χ3n) is 2.96. The van der Waals surface area contributed by atoms with Crippen molar-refractivity contribution in [1.29, 1.82) is 0 Å². The maximum atomic E-state index is 12.5. The Bertz CT molecular complexity index is 684. The Kier molecular flexibility index (Phi) is 5.03. The second-order valence-corrected chi connectivity index (χ2v) is 5.60. The fraction of sp³-hybridized carbons (Fsp3) is 0.462. The van der Waals surface area contributed by atoms with Gasteiger partial charge in [-0.15, -0.1) is 0 Å². The summed E-state index contributed by atoms with van der Waals surface area (Å²) in [6.07, 6.45) is -0.782. The van der Waals surface area contributed by atoms with Crippen molar-refractivity contribution in [3.63, 3.8) is 0 Å². The molecule has 0 bridgehead atoms. The molecule has 1 aromatic heterocycles.